The number of quaternary nitrogens is 1. The van der Waals surface area contributed by atoms with E-state index in [-0.39, 0.29) is 12.7 Å². The second kappa shape index (κ2) is 15.5. The van der Waals surface area contributed by atoms with E-state index in [0.717, 1.165) is 18.3 Å². The number of benzene rings is 2. The van der Waals surface area contributed by atoms with Crippen molar-refractivity contribution < 1.29 is 38.9 Å². The summed E-state index contributed by atoms with van der Waals surface area (Å²) in [5.74, 6) is 0. The van der Waals surface area contributed by atoms with Crippen LogP contribution in [0.2, 0.25) is 0 Å². The van der Waals surface area contributed by atoms with Crippen LogP contribution in [-0.4, -0.2) is 38.3 Å². The predicted octanol–water partition coefficient (Wildman–Crippen LogP) is 1.63. The minimum atomic E-state index is -4.66. The van der Waals surface area contributed by atoms with E-state index < -0.39 is 20.8 Å². The summed E-state index contributed by atoms with van der Waals surface area (Å²) in [7, 11) is -9.23. The number of hydrogen-bond donors (Lipinski definition) is 2. The zero-order valence-corrected chi connectivity index (χ0v) is 20.4. The third kappa shape index (κ3) is 14.0. The maximum absolute atomic E-state index is 12.3. The lowest BCUT2D eigenvalue weighted by Crippen LogP contribution is -2.47. The molecule has 0 saturated carbocycles. The van der Waals surface area contributed by atoms with Gasteiger partial charge in [0.2, 0.25) is 6.17 Å². The van der Waals surface area contributed by atoms with Gasteiger partial charge >= 0.3 is 20.8 Å². The van der Waals surface area contributed by atoms with E-state index in [0.29, 0.717) is 3.98 Å². The summed E-state index contributed by atoms with van der Waals surface area (Å²) in [6.45, 7) is 8.53. The van der Waals surface area contributed by atoms with Crippen molar-refractivity contribution in [2.75, 3.05) is 0 Å². The second-order valence-electron chi connectivity index (χ2n) is 6.26. The first-order valence-electron chi connectivity index (χ1n) is 9.58. The fourth-order valence-electron chi connectivity index (χ4n) is 2.12. The molecule has 0 atom stereocenters. The highest BCUT2D eigenvalue weighted by molar-refractivity contribution is 7.84. The van der Waals surface area contributed by atoms with Crippen LogP contribution in [0.4, 0.5) is 7.77 Å². The Morgan fingerprint density at radius 3 is 1.76 bits per heavy atom. The summed E-state index contributed by atoms with van der Waals surface area (Å²) >= 11 is 0. The minimum absolute atomic E-state index is 0.0142. The zero-order chi connectivity index (χ0) is 26.2. The highest BCUT2D eigenvalue weighted by atomic mass is 32.3. The van der Waals surface area contributed by atoms with Gasteiger partial charge in [-0.15, -0.1) is 12.4 Å². The van der Waals surface area contributed by atoms with Crippen molar-refractivity contribution in [3.8, 4) is 6.07 Å². The Hall–Kier alpha value is -3.31. The van der Waals surface area contributed by atoms with Crippen LogP contribution < -0.4 is 10.5 Å². The average molecular weight is 517 g/mol. The number of nitrogens with one attached hydrogen (secondary N) is 1. The van der Waals surface area contributed by atoms with E-state index in [2.05, 4.69) is 24.6 Å². The highest BCUT2D eigenvalue weighted by Gasteiger charge is 2.31. The largest absolute Gasteiger partial charge is 0.536 e. The molecule has 1 heterocycles. The van der Waals surface area contributed by atoms with Gasteiger partial charge in [0.15, 0.2) is 0 Å². The van der Waals surface area contributed by atoms with Gasteiger partial charge in [0.05, 0.1) is 12.6 Å². The molecule has 34 heavy (non-hydrogen) atoms. The van der Waals surface area contributed by atoms with Crippen LogP contribution in [0.15, 0.2) is 60.7 Å². The summed E-state index contributed by atoms with van der Waals surface area (Å²) in [5, 5.41) is 7.32. The summed E-state index contributed by atoms with van der Waals surface area (Å²) in [6, 6.07) is 20.7. The minimum Gasteiger partial charge on any atom is -0.434 e. The van der Waals surface area contributed by atoms with E-state index in [1.807, 2.05) is 18.2 Å². The quantitative estimate of drug-likeness (QED) is 0.353. The Balaban J connectivity index is 0.000000461. The normalized spacial score (nSPS) is 12.3. The molecule has 0 saturated heterocycles. The summed E-state index contributed by atoms with van der Waals surface area (Å²) in [5.41, 5.74) is 5.78. The molecule has 9 nitrogen and oxygen atoms in total. The molecule has 0 aliphatic carbocycles. The lowest BCUT2D eigenvalue weighted by molar-refractivity contribution is -0.585. The predicted molar refractivity (Wildman–Crippen MR) is 125 cm³/mol. The molecule has 1 aliphatic rings. The smallest absolute Gasteiger partial charge is 0.434 e. The van der Waals surface area contributed by atoms with Gasteiger partial charge in [-0.05, 0) is 12.5 Å². The molecule has 0 unspecified atom stereocenters. The third-order valence-electron chi connectivity index (χ3n) is 3.77. The number of nitrogens with zero attached hydrogens (tertiary/aromatic N) is 3. The molecule has 0 fully saturated rings. The van der Waals surface area contributed by atoms with E-state index in [9.17, 15) is 24.6 Å². The van der Waals surface area contributed by atoms with E-state index in [1.165, 1.54) is 30.5 Å². The standard InChI is InChI=1S/C7H8FNO2S.C7H9N.C5H7FN2O2S.C2H3N/c8-12(10,11)9-6-7-4-2-1-3-5-7;8-6-7-4-2-1-3-5-7;1-5-7(2)3-4-8(5)11(6,9)10;1-2-3/h1-5,9H,6H2;1-5H,6,8H2;3-4H,2H2,1H3;1H3/p+1. The monoisotopic (exact) mass is 516 g/mol. The molecule has 0 aromatic heterocycles. The molecule has 2 aromatic carbocycles. The number of rotatable bonds is 5. The number of nitriles is 1. The van der Waals surface area contributed by atoms with Crippen LogP contribution in [0.3, 0.4) is 0 Å². The first kappa shape index (κ1) is 30.7. The SMILES string of the molecule is C=[N+]1[CH-]C=[N+](S(=O)(=O)F)[C-]1C.CC#N.O=S(=O)(F)NCc1ccccc1.[NH3+]Cc1ccccc1. The first-order valence-corrected chi connectivity index (χ1v) is 12.3. The molecular formula is C21H28F2N5O4S2+. The van der Waals surface area contributed by atoms with Gasteiger partial charge in [-0.2, -0.15) is 18.4 Å². The molecule has 0 radical (unpaired) electrons. The lowest BCUT2D eigenvalue weighted by atomic mass is 10.2. The molecule has 186 valence electrons. The number of halogens is 2. The van der Waals surface area contributed by atoms with E-state index in [4.69, 9.17) is 5.26 Å². The van der Waals surface area contributed by atoms with Crippen molar-refractivity contribution in [3.05, 3.63) is 84.5 Å². The molecule has 3 rings (SSSR count). The summed E-state index contributed by atoms with van der Waals surface area (Å²) in [6.07, 6.45) is 1.31. The molecule has 4 N–H and O–H groups in total. The summed E-state index contributed by atoms with van der Waals surface area (Å²) < 4.78 is 68.4. The Bertz CT molecular complexity index is 1170. The maximum Gasteiger partial charge on any atom is 0.536 e. The van der Waals surface area contributed by atoms with E-state index in [1.54, 1.807) is 41.1 Å². The lowest BCUT2D eigenvalue weighted by Gasteiger charge is -2.08. The van der Waals surface area contributed by atoms with Crippen molar-refractivity contribution in [1.29, 1.82) is 5.26 Å². The molecule has 2 aromatic rings. The second-order valence-corrected chi connectivity index (χ2v) is 8.64. The van der Waals surface area contributed by atoms with Crippen molar-refractivity contribution in [3.63, 3.8) is 0 Å². The topological polar surface area (TPSA) is 138 Å². The van der Waals surface area contributed by atoms with Gasteiger partial charge in [-0.3, -0.25) is 0 Å². The van der Waals surface area contributed by atoms with Gasteiger partial charge < -0.3 is 10.3 Å². The van der Waals surface area contributed by atoms with Crippen LogP contribution in [0, 0.1) is 24.0 Å². The fourth-order valence-corrected chi connectivity index (χ4v) is 3.08. The van der Waals surface area contributed by atoms with Crippen molar-refractivity contribution >= 4 is 33.8 Å². The molecule has 0 spiro atoms. The molecular weight excluding hydrogens is 488 g/mol. The van der Waals surface area contributed by atoms with Gasteiger partial charge in [0.1, 0.15) is 6.21 Å². The fraction of sp³-hybridized carbons (Fsp3) is 0.190. The molecule has 1 aliphatic heterocycles. The van der Waals surface area contributed by atoms with Gasteiger partial charge in [0.25, 0.3) is 0 Å². The van der Waals surface area contributed by atoms with E-state index >= 15 is 0 Å². The molecule has 0 amide bonds. The third-order valence-corrected chi connectivity index (χ3v) is 5.12. The van der Waals surface area contributed by atoms with Crippen molar-refractivity contribution in [2.45, 2.75) is 26.9 Å². The Kier molecular flexibility index (Phi) is 14.0. The van der Waals surface area contributed by atoms with Crippen LogP contribution in [0.25, 0.3) is 0 Å². The average Bonchev–Trinajstić information content (AvgIpc) is 3.13. The maximum atomic E-state index is 12.3. The van der Waals surface area contributed by atoms with Crippen molar-refractivity contribution in [2.24, 2.45) is 0 Å². The van der Waals surface area contributed by atoms with Crippen LogP contribution in [-0.2, 0) is 33.9 Å². The molecule has 13 heteroatoms. The Labute approximate surface area is 200 Å². The summed E-state index contributed by atoms with van der Waals surface area (Å²) in [4.78, 5) is 0. The van der Waals surface area contributed by atoms with Gasteiger partial charge in [0, 0.05) is 25.6 Å². The van der Waals surface area contributed by atoms with Crippen LogP contribution in [0.1, 0.15) is 25.0 Å². The first-order chi connectivity index (χ1) is 15.9. The Morgan fingerprint density at radius 1 is 1.06 bits per heavy atom. The van der Waals surface area contributed by atoms with Crippen molar-refractivity contribution in [1.82, 2.24) is 4.72 Å². The highest BCUT2D eigenvalue weighted by Crippen LogP contribution is 2.14. The van der Waals surface area contributed by atoms with Gasteiger partial charge in [-0.1, -0.05) is 75.2 Å². The Morgan fingerprint density at radius 2 is 1.50 bits per heavy atom. The molecule has 0 bridgehead atoms. The number of hydrogen-bond acceptors (Lipinski definition) is 5. The zero-order valence-electron chi connectivity index (χ0n) is 18.8. The van der Waals surface area contributed by atoms with Crippen LogP contribution in [0.5, 0.6) is 0 Å². The van der Waals surface area contributed by atoms with Crippen LogP contribution >= 0.6 is 0 Å². The van der Waals surface area contributed by atoms with Gasteiger partial charge in [-0.25, -0.2) is 0 Å².